The molecule has 0 spiro atoms. The monoisotopic (exact) mass is 317 g/mol. The number of aliphatic carboxylic acids is 1. The Bertz CT molecular complexity index is 959. The molecule has 1 N–H and O–H groups in total. The van der Waals surface area contributed by atoms with Crippen molar-refractivity contribution < 1.29 is 18.8 Å². The molecule has 0 saturated carbocycles. The van der Waals surface area contributed by atoms with E-state index >= 15 is 0 Å². The molecule has 0 radical (unpaired) electrons. The normalized spacial score (nSPS) is 12.5. The standard InChI is InChI=1S/C15H12FN3O4/c1-7(15(21)22)19-8(2)17-13-11(14(19)20)12(18-23-13)9-3-5-10(16)6-4-9/h3-7H,1-2H3,(H,21,22). The largest absolute Gasteiger partial charge is 0.480 e. The highest BCUT2D eigenvalue weighted by molar-refractivity contribution is 5.89. The number of halogens is 1. The summed E-state index contributed by atoms with van der Waals surface area (Å²) in [5, 5.41) is 13.0. The van der Waals surface area contributed by atoms with Gasteiger partial charge in [-0.25, -0.2) is 9.18 Å². The zero-order valence-electron chi connectivity index (χ0n) is 12.3. The molecule has 0 saturated heterocycles. The Morgan fingerprint density at radius 2 is 2.00 bits per heavy atom. The number of carboxylic acid groups (broad SMARTS) is 1. The van der Waals surface area contributed by atoms with E-state index in [2.05, 4.69) is 10.1 Å². The second kappa shape index (κ2) is 5.31. The Morgan fingerprint density at radius 3 is 2.61 bits per heavy atom. The number of hydrogen-bond donors (Lipinski definition) is 1. The number of hydrogen-bond acceptors (Lipinski definition) is 5. The van der Waals surface area contributed by atoms with Crippen molar-refractivity contribution in [2.45, 2.75) is 19.9 Å². The Hall–Kier alpha value is -3.03. The van der Waals surface area contributed by atoms with Crippen LogP contribution in [0.1, 0.15) is 18.8 Å². The maximum atomic E-state index is 13.0. The molecular formula is C15H12FN3O4. The number of aryl methyl sites for hydroxylation is 1. The molecule has 1 unspecified atom stereocenters. The van der Waals surface area contributed by atoms with Crippen molar-refractivity contribution in [2.24, 2.45) is 0 Å². The van der Waals surface area contributed by atoms with E-state index in [-0.39, 0.29) is 22.6 Å². The molecule has 0 fully saturated rings. The van der Waals surface area contributed by atoms with Crippen molar-refractivity contribution >= 4 is 17.1 Å². The number of nitrogens with zero attached hydrogens (tertiary/aromatic N) is 3. The summed E-state index contributed by atoms with van der Waals surface area (Å²) in [6, 6.07) is 4.29. The summed E-state index contributed by atoms with van der Waals surface area (Å²) in [5.41, 5.74) is 0.120. The Labute approximate surface area is 129 Å². The lowest BCUT2D eigenvalue weighted by atomic mass is 10.1. The van der Waals surface area contributed by atoms with Crippen molar-refractivity contribution in [1.82, 2.24) is 14.7 Å². The van der Waals surface area contributed by atoms with Gasteiger partial charge in [-0.1, -0.05) is 5.16 Å². The Balaban J connectivity index is 2.31. The minimum absolute atomic E-state index is 0.0145. The first-order chi connectivity index (χ1) is 10.9. The molecular weight excluding hydrogens is 305 g/mol. The van der Waals surface area contributed by atoms with E-state index in [1.165, 1.54) is 38.1 Å². The second-order valence-electron chi connectivity index (χ2n) is 5.07. The third kappa shape index (κ3) is 2.37. The van der Waals surface area contributed by atoms with Crippen molar-refractivity contribution in [1.29, 1.82) is 0 Å². The van der Waals surface area contributed by atoms with E-state index in [1.807, 2.05) is 0 Å². The zero-order chi connectivity index (χ0) is 16.7. The van der Waals surface area contributed by atoms with Gasteiger partial charge < -0.3 is 9.63 Å². The molecule has 0 aliphatic rings. The van der Waals surface area contributed by atoms with Gasteiger partial charge in [0.1, 0.15) is 28.8 Å². The summed E-state index contributed by atoms with van der Waals surface area (Å²) >= 11 is 0. The van der Waals surface area contributed by atoms with Gasteiger partial charge in [-0.15, -0.1) is 0 Å². The minimum Gasteiger partial charge on any atom is -0.480 e. The molecule has 0 aliphatic carbocycles. The highest BCUT2D eigenvalue weighted by Gasteiger charge is 2.23. The van der Waals surface area contributed by atoms with E-state index in [9.17, 15) is 14.0 Å². The molecule has 0 aliphatic heterocycles. The molecule has 2 heterocycles. The first-order valence-corrected chi connectivity index (χ1v) is 6.77. The van der Waals surface area contributed by atoms with Crippen LogP contribution in [0.4, 0.5) is 4.39 Å². The van der Waals surface area contributed by atoms with Gasteiger partial charge in [0.05, 0.1) is 0 Å². The summed E-state index contributed by atoms with van der Waals surface area (Å²) in [5.74, 6) is -1.37. The van der Waals surface area contributed by atoms with Crippen molar-refractivity contribution in [2.75, 3.05) is 0 Å². The minimum atomic E-state index is -1.16. The maximum absolute atomic E-state index is 13.0. The van der Waals surface area contributed by atoms with E-state index in [1.54, 1.807) is 0 Å². The summed E-state index contributed by atoms with van der Waals surface area (Å²) in [7, 11) is 0. The number of rotatable bonds is 3. The van der Waals surface area contributed by atoms with Crippen LogP contribution < -0.4 is 5.56 Å². The molecule has 118 valence electrons. The average Bonchev–Trinajstić information content (AvgIpc) is 2.91. The van der Waals surface area contributed by atoms with Gasteiger partial charge in [-0.3, -0.25) is 9.36 Å². The zero-order valence-corrected chi connectivity index (χ0v) is 12.3. The van der Waals surface area contributed by atoms with Crippen LogP contribution in [0.25, 0.3) is 22.4 Å². The molecule has 1 aromatic carbocycles. The summed E-state index contributed by atoms with van der Waals surface area (Å²) in [4.78, 5) is 28.0. The first kappa shape index (κ1) is 14.9. The lowest BCUT2D eigenvalue weighted by Crippen LogP contribution is -2.30. The topological polar surface area (TPSA) is 98.2 Å². The van der Waals surface area contributed by atoms with Crippen molar-refractivity contribution in [3.8, 4) is 11.3 Å². The van der Waals surface area contributed by atoms with Crippen LogP contribution in [-0.4, -0.2) is 25.8 Å². The van der Waals surface area contributed by atoms with Crippen LogP contribution in [0.3, 0.4) is 0 Å². The molecule has 3 aromatic rings. The van der Waals surface area contributed by atoms with E-state index < -0.39 is 23.4 Å². The van der Waals surface area contributed by atoms with Gasteiger partial charge in [-0.2, -0.15) is 4.98 Å². The van der Waals surface area contributed by atoms with E-state index in [0.29, 0.717) is 5.56 Å². The third-order valence-electron chi connectivity index (χ3n) is 3.58. The average molecular weight is 317 g/mol. The molecule has 1 atom stereocenters. The summed E-state index contributed by atoms with van der Waals surface area (Å²) in [6.07, 6.45) is 0. The second-order valence-corrected chi connectivity index (χ2v) is 5.07. The molecule has 3 rings (SSSR count). The molecule has 2 aromatic heterocycles. The SMILES string of the molecule is Cc1nc2onc(-c3ccc(F)cc3)c2c(=O)n1C(C)C(=O)O. The highest BCUT2D eigenvalue weighted by atomic mass is 19.1. The summed E-state index contributed by atoms with van der Waals surface area (Å²) < 4.78 is 19.2. The number of carbonyl (C=O) groups is 1. The fourth-order valence-corrected chi connectivity index (χ4v) is 2.39. The molecule has 23 heavy (non-hydrogen) atoms. The van der Waals surface area contributed by atoms with E-state index in [0.717, 1.165) is 4.57 Å². The Morgan fingerprint density at radius 1 is 1.35 bits per heavy atom. The van der Waals surface area contributed by atoms with Crippen molar-refractivity contribution in [3.05, 3.63) is 46.3 Å². The van der Waals surface area contributed by atoms with Gasteiger partial charge in [-0.05, 0) is 38.1 Å². The predicted molar refractivity (Wildman–Crippen MR) is 78.5 cm³/mol. The molecule has 7 nitrogen and oxygen atoms in total. The molecule has 8 heteroatoms. The van der Waals surface area contributed by atoms with Crippen LogP contribution in [0.2, 0.25) is 0 Å². The lowest BCUT2D eigenvalue weighted by molar-refractivity contribution is -0.140. The van der Waals surface area contributed by atoms with Crippen LogP contribution >= 0.6 is 0 Å². The molecule has 0 amide bonds. The van der Waals surface area contributed by atoms with E-state index in [4.69, 9.17) is 9.63 Å². The maximum Gasteiger partial charge on any atom is 0.326 e. The number of aromatic nitrogens is 3. The van der Waals surface area contributed by atoms with Crippen LogP contribution in [0.15, 0.2) is 33.6 Å². The fourth-order valence-electron chi connectivity index (χ4n) is 2.39. The van der Waals surface area contributed by atoms with Crippen LogP contribution in [0, 0.1) is 12.7 Å². The van der Waals surface area contributed by atoms with Crippen molar-refractivity contribution in [3.63, 3.8) is 0 Å². The lowest BCUT2D eigenvalue weighted by Gasteiger charge is -2.12. The van der Waals surface area contributed by atoms with Gasteiger partial charge in [0.15, 0.2) is 0 Å². The third-order valence-corrected chi connectivity index (χ3v) is 3.58. The summed E-state index contributed by atoms with van der Waals surface area (Å²) in [6.45, 7) is 2.90. The number of benzene rings is 1. The fraction of sp³-hybridized carbons (Fsp3) is 0.200. The molecule has 0 bridgehead atoms. The number of fused-ring (bicyclic) bond motifs is 1. The number of carboxylic acids is 1. The smallest absolute Gasteiger partial charge is 0.326 e. The van der Waals surface area contributed by atoms with Gasteiger partial charge in [0, 0.05) is 5.56 Å². The van der Waals surface area contributed by atoms with Gasteiger partial charge in [0.25, 0.3) is 11.3 Å². The van der Waals surface area contributed by atoms with Crippen LogP contribution in [0.5, 0.6) is 0 Å². The van der Waals surface area contributed by atoms with Gasteiger partial charge in [0.2, 0.25) is 0 Å². The highest BCUT2D eigenvalue weighted by Crippen LogP contribution is 2.25. The van der Waals surface area contributed by atoms with Crippen LogP contribution in [-0.2, 0) is 4.79 Å². The van der Waals surface area contributed by atoms with Gasteiger partial charge >= 0.3 is 5.97 Å². The quantitative estimate of drug-likeness (QED) is 0.794. The Kier molecular flexibility index (Phi) is 3.44. The first-order valence-electron chi connectivity index (χ1n) is 6.77. The predicted octanol–water partition coefficient (Wildman–Crippen LogP) is 2.14.